The van der Waals surface area contributed by atoms with Crippen molar-refractivity contribution in [2.24, 2.45) is 0 Å². The van der Waals surface area contributed by atoms with Gasteiger partial charge >= 0.3 is 6.18 Å². The van der Waals surface area contributed by atoms with Crippen molar-refractivity contribution in [2.75, 3.05) is 18.3 Å². The topological polar surface area (TPSA) is 80.8 Å². The van der Waals surface area contributed by atoms with Gasteiger partial charge in [0.15, 0.2) is 17.2 Å². The fourth-order valence-electron chi connectivity index (χ4n) is 4.81. The van der Waals surface area contributed by atoms with Crippen LogP contribution in [0.5, 0.6) is 5.75 Å². The molecule has 3 aromatic rings. The molecule has 2 atom stereocenters. The lowest BCUT2D eigenvalue weighted by Crippen LogP contribution is -2.60. The van der Waals surface area contributed by atoms with Gasteiger partial charge in [0.2, 0.25) is 5.43 Å². The maximum absolute atomic E-state index is 14.0. The van der Waals surface area contributed by atoms with Crippen LogP contribution < -0.4 is 15.2 Å². The van der Waals surface area contributed by atoms with Gasteiger partial charge in [-0.3, -0.25) is 19.3 Å². The van der Waals surface area contributed by atoms with E-state index in [2.05, 4.69) is 5.16 Å². The lowest BCUT2D eigenvalue weighted by molar-refractivity contribution is -0.173. The molecule has 0 saturated carbocycles. The Morgan fingerprint density at radius 2 is 2.00 bits per heavy atom. The summed E-state index contributed by atoms with van der Waals surface area (Å²) in [6.07, 6.45) is -1.87. The fraction of sp³-hybridized carbons (Fsp3) is 0.423. The molecule has 0 radical (unpaired) electrons. The number of carbonyl (C=O) groups is 1. The molecule has 5 rings (SSSR count). The number of halogens is 3. The first-order chi connectivity index (χ1) is 18.1. The van der Waals surface area contributed by atoms with Crippen molar-refractivity contribution < 1.29 is 27.2 Å². The third-order valence-corrected chi connectivity index (χ3v) is 7.97. The fourth-order valence-corrected chi connectivity index (χ4v) is 5.82. The van der Waals surface area contributed by atoms with Crippen LogP contribution in [0.4, 0.5) is 13.2 Å². The quantitative estimate of drug-likeness (QED) is 0.400. The van der Waals surface area contributed by atoms with Crippen LogP contribution in [0.2, 0.25) is 0 Å². The molecule has 0 spiro atoms. The molecule has 0 N–H and O–H groups in total. The molecule has 0 unspecified atom stereocenters. The molecule has 2 aliphatic rings. The number of pyridine rings is 1. The number of thioether (sulfide) groups is 1. The first-order valence-electron chi connectivity index (χ1n) is 12.3. The zero-order chi connectivity index (χ0) is 27.2. The maximum atomic E-state index is 14.0. The van der Waals surface area contributed by atoms with E-state index in [1.807, 2.05) is 31.2 Å². The molecule has 202 valence electrons. The van der Waals surface area contributed by atoms with Gasteiger partial charge in [0.1, 0.15) is 18.8 Å². The highest BCUT2D eigenvalue weighted by Gasteiger charge is 2.48. The van der Waals surface area contributed by atoms with Crippen LogP contribution in [0.1, 0.15) is 65.8 Å². The minimum Gasteiger partial charge on any atom is -0.487 e. The summed E-state index contributed by atoms with van der Waals surface area (Å²) >= 11 is 1.54. The highest BCUT2D eigenvalue weighted by Crippen LogP contribution is 2.44. The average molecular weight is 549 g/mol. The third-order valence-electron chi connectivity index (χ3n) is 6.88. The number of alkyl halides is 3. The number of amides is 1. The predicted molar refractivity (Wildman–Crippen MR) is 135 cm³/mol. The van der Waals surface area contributed by atoms with E-state index in [0.717, 1.165) is 34.3 Å². The Labute approximate surface area is 221 Å². The van der Waals surface area contributed by atoms with Crippen LogP contribution in [0.15, 0.2) is 50.7 Å². The first kappa shape index (κ1) is 26.2. The Morgan fingerprint density at radius 3 is 2.74 bits per heavy atom. The molecule has 38 heavy (non-hydrogen) atoms. The Bertz CT molecular complexity index is 1420. The number of rotatable bonds is 6. The maximum Gasteiger partial charge on any atom is 0.408 e. The Balaban J connectivity index is 1.76. The number of hydrogen-bond donors (Lipinski definition) is 0. The molecule has 0 saturated heterocycles. The van der Waals surface area contributed by atoms with Crippen molar-refractivity contribution in [3.05, 3.63) is 75.0 Å². The highest BCUT2D eigenvalue weighted by atomic mass is 32.2. The van der Waals surface area contributed by atoms with Crippen LogP contribution >= 0.6 is 11.8 Å². The third kappa shape index (κ3) is 4.44. The SMILES string of the molecule is CCCCOc1c2n(ccc1=O)N([C@@H]1c3ccccc3SCc3onc(C)c31)CN([C@H](C)C(F)(F)F)C2=O. The lowest BCUT2D eigenvalue weighted by atomic mass is 9.96. The molecular weight excluding hydrogens is 521 g/mol. The summed E-state index contributed by atoms with van der Waals surface area (Å²) in [5.74, 6) is -0.0907. The number of aryl methyl sites for hydroxylation is 1. The summed E-state index contributed by atoms with van der Waals surface area (Å²) in [4.78, 5) is 28.2. The number of unbranched alkanes of at least 4 members (excludes halogenated alkanes) is 1. The Kier molecular flexibility index (Phi) is 6.93. The predicted octanol–water partition coefficient (Wildman–Crippen LogP) is 5.02. The van der Waals surface area contributed by atoms with Gasteiger partial charge in [0, 0.05) is 22.7 Å². The van der Waals surface area contributed by atoms with Crippen LogP contribution in [0, 0.1) is 6.92 Å². The second kappa shape index (κ2) is 10.0. The number of ether oxygens (including phenoxy) is 1. The van der Waals surface area contributed by atoms with Crippen LogP contribution in [0.3, 0.4) is 0 Å². The van der Waals surface area contributed by atoms with E-state index in [1.54, 1.807) is 23.7 Å². The van der Waals surface area contributed by atoms with Gasteiger partial charge in [-0.05, 0) is 31.9 Å². The van der Waals surface area contributed by atoms with E-state index in [9.17, 15) is 22.8 Å². The monoisotopic (exact) mass is 548 g/mol. The van der Waals surface area contributed by atoms with Crippen molar-refractivity contribution >= 4 is 17.7 Å². The molecule has 0 aliphatic carbocycles. The van der Waals surface area contributed by atoms with Crippen molar-refractivity contribution in [1.82, 2.24) is 14.7 Å². The zero-order valence-electron chi connectivity index (χ0n) is 21.1. The van der Waals surface area contributed by atoms with Gasteiger partial charge in [0.05, 0.1) is 18.1 Å². The molecule has 0 bridgehead atoms. The van der Waals surface area contributed by atoms with Gasteiger partial charge in [-0.25, -0.2) is 0 Å². The first-order valence-corrected chi connectivity index (χ1v) is 13.3. The molecule has 12 heteroatoms. The van der Waals surface area contributed by atoms with Crippen molar-refractivity contribution in [3.63, 3.8) is 0 Å². The molecule has 1 aromatic carbocycles. The van der Waals surface area contributed by atoms with Crippen LogP contribution in [-0.2, 0) is 5.75 Å². The molecule has 0 fully saturated rings. The van der Waals surface area contributed by atoms with E-state index in [-0.39, 0.29) is 18.1 Å². The van der Waals surface area contributed by atoms with E-state index < -0.39 is 36.3 Å². The Hall–Kier alpha value is -3.41. The second-order valence-electron chi connectivity index (χ2n) is 9.31. The van der Waals surface area contributed by atoms with Crippen LogP contribution in [-0.4, -0.2) is 46.1 Å². The summed E-state index contributed by atoms with van der Waals surface area (Å²) in [6.45, 7) is 4.43. The number of aromatic nitrogens is 2. The smallest absolute Gasteiger partial charge is 0.408 e. The summed E-state index contributed by atoms with van der Waals surface area (Å²) in [6, 6.07) is 6.11. The van der Waals surface area contributed by atoms with Crippen molar-refractivity contribution in [3.8, 4) is 5.75 Å². The largest absolute Gasteiger partial charge is 0.487 e. The number of nitrogens with zero attached hydrogens (tertiary/aromatic N) is 4. The molecule has 2 aromatic heterocycles. The molecule has 1 amide bonds. The molecule has 8 nitrogen and oxygen atoms in total. The van der Waals surface area contributed by atoms with E-state index >= 15 is 0 Å². The van der Waals surface area contributed by atoms with Crippen molar-refractivity contribution in [2.45, 2.75) is 62.5 Å². The normalized spacial score (nSPS) is 17.9. The molecule has 2 aliphatic heterocycles. The highest BCUT2D eigenvalue weighted by molar-refractivity contribution is 7.98. The van der Waals surface area contributed by atoms with Gasteiger partial charge in [-0.15, -0.1) is 11.8 Å². The number of benzene rings is 1. The average Bonchev–Trinajstić information content (AvgIpc) is 3.15. The summed E-state index contributed by atoms with van der Waals surface area (Å²) in [7, 11) is 0. The number of fused-ring (bicyclic) bond motifs is 3. The zero-order valence-corrected chi connectivity index (χ0v) is 21.9. The van der Waals surface area contributed by atoms with Crippen LogP contribution in [0.25, 0.3) is 0 Å². The number of carbonyl (C=O) groups excluding carboxylic acids is 1. The molecule has 4 heterocycles. The lowest BCUT2D eigenvalue weighted by Gasteiger charge is -2.45. The summed E-state index contributed by atoms with van der Waals surface area (Å²) in [5, 5.41) is 5.80. The van der Waals surface area contributed by atoms with E-state index in [1.165, 1.54) is 16.9 Å². The summed E-state index contributed by atoms with van der Waals surface area (Å²) < 4.78 is 54.8. The number of hydrogen-bond acceptors (Lipinski definition) is 7. The Morgan fingerprint density at radius 1 is 1.24 bits per heavy atom. The van der Waals surface area contributed by atoms with Gasteiger partial charge in [-0.2, -0.15) is 13.2 Å². The summed E-state index contributed by atoms with van der Waals surface area (Å²) in [5.41, 5.74) is 1.34. The van der Waals surface area contributed by atoms with Gasteiger partial charge in [-0.1, -0.05) is 36.7 Å². The standard InChI is InChI=1S/C26H27F3N4O4S/c1-4-5-12-36-24-18(34)10-11-32-23(24)25(35)31(16(3)26(27,28)29)14-33(32)22-17-8-6-7-9-20(17)38-13-19-21(22)15(2)30-37-19/h6-11,16,22H,4-5,12-14H2,1-3H3/t16-,22-/m1/s1. The molecular formula is C26H27F3N4O4S. The van der Waals surface area contributed by atoms with Gasteiger partial charge < -0.3 is 14.2 Å². The minimum absolute atomic E-state index is 0.155. The van der Waals surface area contributed by atoms with Gasteiger partial charge in [0.25, 0.3) is 5.91 Å². The van der Waals surface area contributed by atoms with E-state index in [4.69, 9.17) is 9.26 Å². The minimum atomic E-state index is -4.68. The second-order valence-corrected chi connectivity index (χ2v) is 10.3. The van der Waals surface area contributed by atoms with Crippen molar-refractivity contribution in [1.29, 1.82) is 0 Å². The van der Waals surface area contributed by atoms with E-state index in [0.29, 0.717) is 23.6 Å².